The second-order valence-corrected chi connectivity index (χ2v) is 6.42. The van der Waals surface area contributed by atoms with Crippen LogP contribution < -0.4 is 0 Å². The first kappa shape index (κ1) is 11.9. The molecule has 0 aromatic rings. The average Bonchev–Trinajstić information content (AvgIpc) is 2.00. The third-order valence-corrected chi connectivity index (χ3v) is 4.14. The van der Waals surface area contributed by atoms with E-state index in [1.54, 1.807) is 6.92 Å². The molecule has 12 heavy (non-hydrogen) atoms. The summed E-state index contributed by atoms with van der Waals surface area (Å²) in [5.41, 5.74) is 0. The van der Waals surface area contributed by atoms with Gasteiger partial charge in [-0.25, -0.2) is 0 Å². The average molecular weight is 231 g/mol. The summed E-state index contributed by atoms with van der Waals surface area (Å²) in [5.74, 6) is 0.271. The Kier molecular flexibility index (Phi) is 6.41. The Bertz CT molecular complexity index is 201. The van der Waals surface area contributed by atoms with Gasteiger partial charge in [-0.2, -0.15) is 0 Å². The SMILES string of the molecule is C=[C](C)[Co](=[O])[CH2]CC(=O)C[SiH2]C. The standard InChI is InChI=1S/C5H11OSi.C3H5.Co.O/c1-3-5(6)4-7-2;1-3-2;;/h1,3-4,7H2,2H3;1H2,2H3;;. The molecule has 0 saturated carbocycles. The van der Waals surface area contributed by atoms with E-state index in [0.717, 1.165) is 6.04 Å². The molecule has 0 amide bonds. The molecule has 0 aliphatic carbocycles. The topological polar surface area (TPSA) is 34.1 Å². The maximum absolute atomic E-state index is 11.2. The molecule has 0 bridgehead atoms. The molecular weight excluding hydrogens is 215 g/mol. The van der Waals surface area contributed by atoms with Crippen molar-refractivity contribution in [3.8, 4) is 0 Å². The van der Waals surface area contributed by atoms with Crippen molar-refractivity contribution in [2.45, 2.75) is 31.3 Å². The van der Waals surface area contributed by atoms with Gasteiger partial charge in [0, 0.05) is 0 Å². The molecule has 0 atom stereocenters. The summed E-state index contributed by atoms with van der Waals surface area (Å²) in [5, 5.41) is 0.496. The van der Waals surface area contributed by atoms with Crippen molar-refractivity contribution in [3.05, 3.63) is 11.1 Å². The van der Waals surface area contributed by atoms with E-state index in [0.29, 0.717) is 16.3 Å². The Balaban J connectivity index is 3.61. The third kappa shape index (κ3) is 5.57. The van der Waals surface area contributed by atoms with Crippen LogP contribution in [-0.4, -0.2) is 15.3 Å². The van der Waals surface area contributed by atoms with Crippen molar-refractivity contribution in [1.82, 2.24) is 0 Å². The van der Waals surface area contributed by atoms with Gasteiger partial charge in [0.25, 0.3) is 0 Å². The molecular formula is C8H16CoO2Si. The zero-order chi connectivity index (χ0) is 9.56. The molecule has 0 spiro atoms. The zero-order valence-electron chi connectivity index (χ0n) is 7.69. The maximum atomic E-state index is 11.2. The summed E-state index contributed by atoms with van der Waals surface area (Å²) in [6.45, 7) is 7.45. The van der Waals surface area contributed by atoms with Crippen molar-refractivity contribution in [1.29, 1.82) is 0 Å². The molecule has 0 aliphatic heterocycles. The van der Waals surface area contributed by atoms with Crippen LogP contribution in [0.2, 0.25) is 17.9 Å². The molecule has 2 nitrogen and oxygen atoms in total. The van der Waals surface area contributed by atoms with Gasteiger partial charge < -0.3 is 0 Å². The molecule has 0 aliphatic rings. The van der Waals surface area contributed by atoms with Gasteiger partial charge in [0.05, 0.1) is 0 Å². The van der Waals surface area contributed by atoms with E-state index < -0.39 is 13.6 Å². The first-order valence-electron chi connectivity index (χ1n) is 4.01. The van der Waals surface area contributed by atoms with E-state index in [9.17, 15) is 8.66 Å². The van der Waals surface area contributed by atoms with Crippen LogP contribution in [0.5, 0.6) is 0 Å². The van der Waals surface area contributed by atoms with Crippen LogP contribution in [-0.2, 0) is 22.2 Å². The van der Waals surface area contributed by atoms with Gasteiger partial charge in [0.15, 0.2) is 0 Å². The summed E-state index contributed by atoms with van der Waals surface area (Å²) >= 11 is -1.31. The molecule has 0 N–H and O–H groups in total. The first-order chi connectivity index (χ1) is 5.57. The zero-order valence-corrected chi connectivity index (χ0v) is 10.1. The summed E-state index contributed by atoms with van der Waals surface area (Å²) in [7, 11) is -0.165. The van der Waals surface area contributed by atoms with Crippen LogP contribution in [0.1, 0.15) is 13.3 Å². The Hall–Kier alpha value is -0.0666. The van der Waals surface area contributed by atoms with Gasteiger partial charge >= 0.3 is 79.9 Å². The molecule has 0 heterocycles. The number of hydrogen-bond acceptors (Lipinski definition) is 2. The summed E-state index contributed by atoms with van der Waals surface area (Å²) in [6, 6.07) is 0.749. The normalized spacial score (nSPS) is 12.0. The van der Waals surface area contributed by atoms with Crippen molar-refractivity contribution < 1.29 is 22.2 Å². The second kappa shape index (κ2) is 6.45. The van der Waals surface area contributed by atoms with Gasteiger partial charge in [0.1, 0.15) is 0 Å². The number of ketones is 1. The van der Waals surface area contributed by atoms with Gasteiger partial charge in [-0.1, -0.05) is 0 Å². The van der Waals surface area contributed by atoms with Crippen LogP contribution in [0, 0.1) is 0 Å². The Labute approximate surface area is 80.2 Å². The Morgan fingerprint density at radius 3 is 2.58 bits per heavy atom. The number of carbonyl (C=O) groups excluding carboxylic acids is 1. The van der Waals surface area contributed by atoms with E-state index in [4.69, 9.17) is 0 Å². The van der Waals surface area contributed by atoms with E-state index in [1.165, 1.54) is 0 Å². The van der Waals surface area contributed by atoms with Crippen molar-refractivity contribution in [3.63, 3.8) is 0 Å². The fourth-order valence-corrected chi connectivity index (χ4v) is 2.49. The number of rotatable bonds is 6. The Morgan fingerprint density at radius 2 is 2.17 bits per heavy atom. The second-order valence-electron chi connectivity index (χ2n) is 2.63. The first-order valence-corrected chi connectivity index (χ1v) is 8.11. The van der Waals surface area contributed by atoms with Crippen molar-refractivity contribution >= 4 is 15.3 Å². The molecule has 0 aromatic heterocycles. The van der Waals surface area contributed by atoms with Gasteiger partial charge in [-0.15, -0.1) is 0 Å². The van der Waals surface area contributed by atoms with E-state index in [2.05, 4.69) is 13.1 Å². The molecule has 0 fully saturated rings. The van der Waals surface area contributed by atoms with Crippen LogP contribution in [0.15, 0.2) is 11.1 Å². The summed E-state index contributed by atoms with van der Waals surface area (Å²) in [6.07, 6.45) is 0.474. The van der Waals surface area contributed by atoms with Gasteiger partial charge in [-0.3, -0.25) is 0 Å². The number of allylic oxidation sites excluding steroid dienone is 1. The van der Waals surface area contributed by atoms with Crippen molar-refractivity contribution in [2.24, 2.45) is 0 Å². The number of Topliss-reactive ketones (excluding diaryl/α,β-unsaturated/α-hetero) is 1. The minimum atomic E-state index is -1.31. The minimum absolute atomic E-state index is 0.165. The van der Waals surface area contributed by atoms with Crippen LogP contribution >= 0.6 is 0 Å². The van der Waals surface area contributed by atoms with Gasteiger partial charge in [0.2, 0.25) is 0 Å². The number of carbonyl (C=O) groups is 1. The predicted octanol–water partition coefficient (Wildman–Crippen LogP) is 1.50. The summed E-state index contributed by atoms with van der Waals surface area (Å²) < 4.78 is 11.9. The molecule has 0 aromatic carbocycles. The predicted molar refractivity (Wildman–Crippen MR) is 49.1 cm³/mol. The van der Waals surface area contributed by atoms with Crippen molar-refractivity contribution in [2.75, 3.05) is 0 Å². The molecule has 4 heteroatoms. The molecule has 0 saturated heterocycles. The van der Waals surface area contributed by atoms with E-state index >= 15 is 0 Å². The van der Waals surface area contributed by atoms with Crippen LogP contribution in [0.25, 0.3) is 0 Å². The number of hydrogen-bond donors (Lipinski definition) is 0. The molecule has 0 rings (SSSR count). The molecule has 0 radical (unpaired) electrons. The third-order valence-electron chi connectivity index (χ3n) is 1.36. The molecule has 73 valence electrons. The van der Waals surface area contributed by atoms with Gasteiger partial charge in [-0.05, 0) is 0 Å². The van der Waals surface area contributed by atoms with Crippen LogP contribution in [0.3, 0.4) is 0 Å². The summed E-state index contributed by atoms with van der Waals surface area (Å²) in [4.78, 5) is 11.0. The monoisotopic (exact) mass is 231 g/mol. The molecule has 0 unspecified atom stereocenters. The fourth-order valence-electron chi connectivity index (χ4n) is 0.715. The van der Waals surface area contributed by atoms with Crippen LogP contribution in [0.4, 0.5) is 0 Å². The fraction of sp³-hybridized carbons (Fsp3) is 0.625. The van der Waals surface area contributed by atoms with E-state index in [-0.39, 0.29) is 15.3 Å². The van der Waals surface area contributed by atoms with E-state index in [1.807, 2.05) is 0 Å². The Morgan fingerprint density at radius 1 is 1.58 bits per heavy atom. The quantitative estimate of drug-likeness (QED) is 0.649.